The van der Waals surface area contributed by atoms with Crippen LogP contribution < -0.4 is 5.32 Å². The highest BCUT2D eigenvalue weighted by molar-refractivity contribution is 5.90. The van der Waals surface area contributed by atoms with Crippen LogP contribution in [-0.4, -0.2) is 40.4 Å². The summed E-state index contributed by atoms with van der Waals surface area (Å²) in [6.45, 7) is 1.15. The molecule has 0 saturated carbocycles. The maximum absolute atomic E-state index is 12.5. The van der Waals surface area contributed by atoms with Crippen LogP contribution in [0.15, 0.2) is 54.6 Å². The predicted molar refractivity (Wildman–Crippen MR) is 100 cm³/mol. The summed E-state index contributed by atoms with van der Waals surface area (Å²) in [7, 11) is 0. The molecule has 2 N–H and O–H groups in total. The minimum Gasteiger partial charge on any atom is -0.478 e. The zero-order chi connectivity index (χ0) is 19.2. The Morgan fingerprint density at radius 2 is 1.78 bits per heavy atom. The first-order valence-corrected chi connectivity index (χ1v) is 8.98. The second-order valence-corrected chi connectivity index (χ2v) is 6.62. The molecule has 3 rings (SSSR count). The van der Waals surface area contributed by atoms with Crippen molar-refractivity contribution in [1.82, 2.24) is 10.2 Å². The van der Waals surface area contributed by atoms with E-state index < -0.39 is 12.0 Å². The van der Waals surface area contributed by atoms with Crippen molar-refractivity contribution < 1.29 is 19.5 Å². The maximum atomic E-state index is 12.5. The number of benzene rings is 2. The van der Waals surface area contributed by atoms with Crippen LogP contribution in [0.25, 0.3) is 0 Å². The van der Waals surface area contributed by atoms with E-state index in [1.54, 1.807) is 23.1 Å². The van der Waals surface area contributed by atoms with Crippen molar-refractivity contribution in [2.75, 3.05) is 6.54 Å². The van der Waals surface area contributed by atoms with Gasteiger partial charge in [0.15, 0.2) is 0 Å². The van der Waals surface area contributed by atoms with E-state index >= 15 is 0 Å². The number of carbonyl (C=O) groups is 3. The van der Waals surface area contributed by atoms with Crippen molar-refractivity contribution in [1.29, 1.82) is 0 Å². The molecule has 6 heteroatoms. The lowest BCUT2D eigenvalue weighted by Gasteiger charge is -2.17. The molecule has 2 amide bonds. The third-order valence-electron chi connectivity index (χ3n) is 4.72. The van der Waals surface area contributed by atoms with Crippen molar-refractivity contribution in [2.24, 2.45) is 0 Å². The van der Waals surface area contributed by atoms with Gasteiger partial charge in [-0.1, -0.05) is 48.5 Å². The summed E-state index contributed by atoms with van der Waals surface area (Å²) >= 11 is 0. The lowest BCUT2D eigenvalue weighted by atomic mass is 10.0. The summed E-state index contributed by atoms with van der Waals surface area (Å²) in [5, 5.41) is 12.0. The summed E-state index contributed by atoms with van der Waals surface area (Å²) in [6.07, 6.45) is 1.05. The van der Waals surface area contributed by atoms with Gasteiger partial charge in [-0.25, -0.2) is 4.79 Å². The van der Waals surface area contributed by atoms with Crippen molar-refractivity contribution >= 4 is 17.8 Å². The molecule has 27 heavy (non-hydrogen) atoms. The van der Waals surface area contributed by atoms with E-state index in [0.29, 0.717) is 31.5 Å². The molecule has 2 aromatic carbocycles. The molecule has 0 spiro atoms. The van der Waals surface area contributed by atoms with Crippen molar-refractivity contribution in [3.05, 3.63) is 71.3 Å². The molecule has 1 aliphatic heterocycles. The molecule has 6 nitrogen and oxygen atoms in total. The highest BCUT2D eigenvalue weighted by Gasteiger charge is 2.32. The quantitative estimate of drug-likeness (QED) is 0.787. The Bertz CT molecular complexity index is 835. The Labute approximate surface area is 157 Å². The fraction of sp³-hybridized carbons (Fsp3) is 0.286. The summed E-state index contributed by atoms with van der Waals surface area (Å²) < 4.78 is 0. The predicted octanol–water partition coefficient (Wildman–Crippen LogP) is 2.23. The molecule has 140 valence electrons. The van der Waals surface area contributed by atoms with Gasteiger partial charge in [-0.05, 0) is 30.0 Å². The Balaban J connectivity index is 1.51. The van der Waals surface area contributed by atoms with Gasteiger partial charge in [-0.15, -0.1) is 0 Å². The third kappa shape index (κ3) is 4.73. The lowest BCUT2D eigenvalue weighted by molar-refractivity contribution is -0.133. The van der Waals surface area contributed by atoms with Gasteiger partial charge in [0.05, 0.1) is 5.56 Å². The van der Waals surface area contributed by atoms with Crippen molar-refractivity contribution in [3.8, 4) is 0 Å². The van der Waals surface area contributed by atoms with Crippen LogP contribution in [0.5, 0.6) is 0 Å². The summed E-state index contributed by atoms with van der Waals surface area (Å²) in [6, 6.07) is 15.9. The zero-order valence-electron chi connectivity index (χ0n) is 14.9. The summed E-state index contributed by atoms with van der Waals surface area (Å²) in [5.74, 6) is -1.32. The molecule has 0 aromatic heterocycles. The molecule has 1 atom stereocenters. The normalized spacial score (nSPS) is 16.4. The number of hydrogen-bond donors (Lipinski definition) is 2. The molecular formula is C21H22N2O4. The Morgan fingerprint density at radius 1 is 1.07 bits per heavy atom. The van der Waals surface area contributed by atoms with Gasteiger partial charge in [0.2, 0.25) is 11.8 Å². The molecule has 1 heterocycles. The van der Waals surface area contributed by atoms with Gasteiger partial charge in [-0.3, -0.25) is 9.59 Å². The van der Waals surface area contributed by atoms with E-state index in [9.17, 15) is 19.5 Å². The fourth-order valence-electron chi connectivity index (χ4n) is 3.30. The van der Waals surface area contributed by atoms with E-state index in [0.717, 1.165) is 5.56 Å². The molecule has 1 aliphatic rings. The van der Waals surface area contributed by atoms with Gasteiger partial charge in [0.25, 0.3) is 0 Å². The number of carboxylic acids is 1. The molecular weight excluding hydrogens is 344 g/mol. The molecule has 1 saturated heterocycles. The molecule has 0 radical (unpaired) electrons. The van der Waals surface area contributed by atoms with E-state index in [-0.39, 0.29) is 23.8 Å². The third-order valence-corrected chi connectivity index (χ3v) is 4.72. The maximum Gasteiger partial charge on any atom is 0.335 e. The second-order valence-electron chi connectivity index (χ2n) is 6.62. The zero-order valence-corrected chi connectivity index (χ0v) is 14.9. The number of aromatic carboxylic acids is 1. The topological polar surface area (TPSA) is 86.7 Å². The summed E-state index contributed by atoms with van der Waals surface area (Å²) in [5.41, 5.74) is 1.88. The lowest BCUT2D eigenvalue weighted by Crippen LogP contribution is -2.41. The number of nitrogens with zero attached hydrogens (tertiary/aromatic N) is 1. The number of carbonyl (C=O) groups excluding carboxylic acids is 2. The standard InChI is InChI=1S/C21H22N2O4/c24-19(11-10-16-8-4-5-9-17(16)21(26)27)22-18-12-13-23(20(18)25)14-15-6-2-1-3-7-15/h1-9,18H,10-14H2,(H,22,24)(H,26,27). The number of hydrogen-bond acceptors (Lipinski definition) is 3. The van der Waals surface area contributed by atoms with Crippen LogP contribution in [0.1, 0.15) is 34.3 Å². The average molecular weight is 366 g/mol. The second kappa shape index (κ2) is 8.49. The average Bonchev–Trinajstić information content (AvgIpc) is 3.01. The highest BCUT2D eigenvalue weighted by Crippen LogP contribution is 2.16. The molecule has 2 aromatic rings. The number of rotatable bonds is 7. The Morgan fingerprint density at radius 3 is 2.52 bits per heavy atom. The molecule has 1 fully saturated rings. The number of likely N-dealkylation sites (tertiary alicyclic amines) is 1. The molecule has 0 bridgehead atoms. The van der Waals surface area contributed by atoms with Crippen LogP contribution in [0.2, 0.25) is 0 Å². The Kier molecular flexibility index (Phi) is 5.86. The van der Waals surface area contributed by atoms with Crippen molar-refractivity contribution in [2.45, 2.75) is 31.8 Å². The highest BCUT2D eigenvalue weighted by atomic mass is 16.4. The van der Waals surface area contributed by atoms with Gasteiger partial charge < -0.3 is 15.3 Å². The van der Waals surface area contributed by atoms with E-state index in [4.69, 9.17) is 0 Å². The molecule has 0 aliphatic carbocycles. The first kappa shape index (κ1) is 18.6. The van der Waals surface area contributed by atoms with Gasteiger partial charge >= 0.3 is 5.97 Å². The van der Waals surface area contributed by atoms with Crippen LogP contribution in [0.4, 0.5) is 0 Å². The smallest absolute Gasteiger partial charge is 0.335 e. The number of nitrogens with one attached hydrogen (secondary N) is 1. The first-order chi connectivity index (χ1) is 13.0. The molecule has 1 unspecified atom stereocenters. The van der Waals surface area contributed by atoms with Gasteiger partial charge in [-0.2, -0.15) is 0 Å². The van der Waals surface area contributed by atoms with Gasteiger partial charge in [0.1, 0.15) is 6.04 Å². The summed E-state index contributed by atoms with van der Waals surface area (Å²) in [4.78, 5) is 37.7. The van der Waals surface area contributed by atoms with Crippen LogP contribution in [0.3, 0.4) is 0 Å². The largest absolute Gasteiger partial charge is 0.478 e. The van der Waals surface area contributed by atoms with Crippen LogP contribution >= 0.6 is 0 Å². The van der Waals surface area contributed by atoms with Crippen molar-refractivity contribution in [3.63, 3.8) is 0 Å². The Hall–Kier alpha value is -3.15. The minimum atomic E-state index is -1.01. The van der Waals surface area contributed by atoms with E-state index in [2.05, 4.69) is 5.32 Å². The van der Waals surface area contributed by atoms with E-state index in [1.807, 2.05) is 30.3 Å². The SMILES string of the molecule is O=C(CCc1ccccc1C(=O)O)NC1CCN(Cc2ccccc2)C1=O. The fourth-order valence-corrected chi connectivity index (χ4v) is 3.30. The van der Waals surface area contributed by atoms with Crippen LogP contribution in [-0.2, 0) is 22.6 Å². The number of aryl methyl sites for hydroxylation is 1. The minimum absolute atomic E-state index is 0.0712. The number of carboxylic acid groups (broad SMARTS) is 1. The first-order valence-electron chi connectivity index (χ1n) is 8.98. The van der Waals surface area contributed by atoms with Gasteiger partial charge in [0, 0.05) is 19.5 Å². The van der Waals surface area contributed by atoms with E-state index in [1.165, 1.54) is 6.07 Å². The monoisotopic (exact) mass is 366 g/mol. The number of amides is 2. The van der Waals surface area contributed by atoms with Crippen LogP contribution in [0, 0.1) is 0 Å².